The highest BCUT2D eigenvalue weighted by molar-refractivity contribution is 5.94. The number of nitrogens with zero attached hydrogens (tertiary/aromatic N) is 2. The molecule has 0 saturated carbocycles. The Morgan fingerprint density at radius 1 is 1.00 bits per heavy atom. The Kier molecular flexibility index (Phi) is 7.13. The number of hydrogen-bond donors (Lipinski definition) is 1. The normalized spacial score (nSPS) is 10.2. The number of nitrogens with one attached hydrogen (secondary N) is 1. The lowest BCUT2D eigenvalue weighted by Gasteiger charge is -2.13. The second kappa shape index (κ2) is 10.2. The molecule has 3 aromatic rings. The van der Waals surface area contributed by atoms with E-state index in [2.05, 4.69) is 11.4 Å². The van der Waals surface area contributed by atoms with Gasteiger partial charge in [0.25, 0.3) is 5.91 Å². The monoisotopic (exact) mass is 433 g/mol. The Bertz CT molecular complexity index is 1150. The molecule has 1 aromatic heterocycles. The molecule has 0 radical (unpaired) electrons. The molecule has 0 saturated heterocycles. The van der Waals surface area contributed by atoms with E-state index in [1.165, 1.54) is 0 Å². The zero-order valence-electron chi connectivity index (χ0n) is 18.0. The number of para-hydroxylation sites is 1. The third kappa shape index (κ3) is 5.08. The van der Waals surface area contributed by atoms with Gasteiger partial charge in [-0.2, -0.15) is 5.26 Å². The van der Waals surface area contributed by atoms with Crippen molar-refractivity contribution in [3.8, 4) is 23.3 Å². The van der Waals surface area contributed by atoms with Gasteiger partial charge in [-0.15, -0.1) is 0 Å². The first-order chi connectivity index (χ1) is 15.4. The number of anilines is 1. The van der Waals surface area contributed by atoms with Crippen LogP contribution in [0, 0.1) is 25.2 Å². The van der Waals surface area contributed by atoms with Crippen LogP contribution in [0.4, 0.5) is 5.82 Å². The van der Waals surface area contributed by atoms with E-state index in [9.17, 15) is 14.9 Å². The lowest BCUT2D eigenvalue weighted by atomic mass is 10.2. The number of rotatable bonds is 8. The largest absolute Gasteiger partial charge is 0.497 e. The summed E-state index contributed by atoms with van der Waals surface area (Å²) in [5.41, 5.74) is 2.74. The maximum Gasteiger partial charge on any atom is 0.344 e. The smallest absolute Gasteiger partial charge is 0.344 e. The van der Waals surface area contributed by atoms with E-state index in [1.807, 2.05) is 44.2 Å². The van der Waals surface area contributed by atoms with Gasteiger partial charge < -0.3 is 19.5 Å². The highest BCUT2D eigenvalue weighted by Gasteiger charge is 2.21. The second-order valence-electron chi connectivity index (χ2n) is 6.89. The van der Waals surface area contributed by atoms with Crippen molar-refractivity contribution in [2.75, 3.05) is 25.6 Å². The van der Waals surface area contributed by atoms with Crippen LogP contribution in [0.15, 0.2) is 54.6 Å². The Morgan fingerprint density at radius 3 is 2.28 bits per heavy atom. The first kappa shape index (κ1) is 22.4. The fourth-order valence-corrected chi connectivity index (χ4v) is 3.13. The number of ether oxygens (including phenoxy) is 3. The van der Waals surface area contributed by atoms with E-state index >= 15 is 0 Å². The summed E-state index contributed by atoms with van der Waals surface area (Å²) in [6.07, 6.45) is 0. The molecule has 0 atom stereocenters. The zero-order valence-corrected chi connectivity index (χ0v) is 18.0. The maximum absolute atomic E-state index is 12.5. The van der Waals surface area contributed by atoms with Crippen molar-refractivity contribution in [2.45, 2.75) is 13.8 Å². The van der Waals surface area contributed by atoms with E-state index in [1.54, 1.807) is 35.9 Å². The average molecular weight is 433 g/mol. The van der Waals surface area contributed by atoms with Crippen molar-refractivity contribution in [3.05, 3.63) is 71.4 Å². The molecular formula is C24H23N3O5. The summed E-state index contributed by atoms with van der Waals surface area (Å²) in [5.74, 6) is 0.219. The molecule has 32 heavy (non-hydrogen) atoms. The molecule has 0 bridgehead atoms. The van der Waals surface area contributed by atoms with Crippen molar-refractivity contribution in [1.29, 1.82) is 5.26 Å². The number of aromatic nitrogens is 1. The number of nitriles is 1. The molecule has 0 fully saturated rings. The fourth-order valence-electron chi connectivity index (χ4n) is 3.13. The summed E-state index contributed by atoms with van der Waals surface area (Å²) < 4.78 is 17.2. The molecule has 0 spiro atoms. The van der Waals surface area contributed by atoms with Crippen molar-refractivity contribution in [2.24, 2.45) is 0 Å². The van der Waals surface area contributed by atoms with Crippen LogP contribution in [0.1, 0.15) is 16.8 Å². The third-order valence-corrected chi connectivity index (χ3v) is 4.88. The maximum atomic E-state index is 12.5. The number of carbonyl (C=O) groups is 2. The molecule has 0 aliphatic carbocycles. The first-order valence-corrected chi connectivity index (χ1v) is 9.84. The molecule has 0 aliphatic heterocycles. The molecule has 8 heteroatoms. The lowest BCUT2D eigenvalue weighted by molar-refractivity contribution is -0.149. The van der Waals surface area contributed by atoms with Crippen molar-refractivity contribution in [3.63, 3.8) is 0 Å². The Morgan fingerprint density at radius 2 is 1.66 bits per heavy atom. The lowest BCUT2D eigenvalue weighted by Crippen LogP contribution is -2.25. The minimum absolute atomic E-state index is 0.337. The highest BCUT2D eigenvalue weighted by atomic mass is 16.6. The predicted octanol–water partition coefficient (Wildman–Crippen LogP) is 3.54. The minimum atomic E-state index is -0.692. The number of hydrogen-bond acceptors (Lipinski definition) is 6. The SMILES string of the molecule is COc1ccc(OCC(=O)OCC(=O)Nc2c(C#N)c(C)c(C)n2-c2ccccc2)cc1. The molecule has 3 rings (SSSR count). The summed E-state index contributed by atoms with van der Waals surface area (Å²) in [6.45, 7) is 2.84. The van der Waals surface area contributed by atoms with Gasteiger partial charge in [-0.05, 0) is 55.8 Å². The van der Waals surface area contributed by atoms with E-state index in [-0.39, 0.29) is 6.61 Å². The molecule has 1 N–H and O–H groups in total. The van der Waals surface area contributed by atoms with Crippen molar-refractivity contribution >= 4 is 17.7 Å². The van der Waals surface area contributed by atoms with Crippen LogP contribution >= 0.6 is 0 Å². The number of benzene rings is 2. The first-order valence-electron chi connectivity index (χ1n) is 9.84. The second-order valence-corrected chi connectivity index (χ2v) is 6.89. The molecule has 8 nitrogen and oxygen atoms in total. The van der Waals surface area contributed by atoms with Crippen molar-refractivity contribution in [1.82, 2.24) is 4.57 Å². The average Bonchev–Trinajstić information content (AvgIpc) is 3.05. The van der Waals surface area contributed by atoms with E-state index in [4.69, 9.17) is 14.2 Å². The van der Waals surface area contributed by atoms with Gasteiger partial charge in [-0.1, -0.05) is 18.2 Å². The molecule has 1 heterocycles. The third-order valence-electron chi connectivity index (χ3n) is 4.88. The van der Waals surface area contributed by atoms with Gasteiger partial charge in [-0.3, -0.25) is 9.36 Å². The Hall–Kier alpha value is -4.25. The van der Waals surface area contributed by atoms with E-state index in [0.717, 1.165) is 16.9 Å². The summed E-state index contributed by atoms with van der Waals surface area (Å²) in [5, 5.41) is 12.3. The Labute approximate surface area is 185 Å². The summed E-state index contributed by atoms with van der Waals surface area (Å²) >= 11 is 0. The van der Waals surface area contributed by atoms with Crippen LogP contribution in [0.2, 0.25) is 0 Å². The highest BCUT2D eigenvalue weighted by Crippen LogP contribution is 2.29. The van der Waals surface area contributed by atoms with E-state index in [0.29, 0.717) is 22.9 Å². The van der Waals surface area contributed by atoms with Crippen LogP contribution < -0.4 is 14.8 Å². The topological polar surface area (TPSA) is 103 Å². The molecule has 0 unspecified atom stereocenters. The standard InChI is InChI=1S/C24H23N3O5/c1-16-17(2)27(18-7-5-4-6-8-18)24(21(16)13-25)26-22(28)14-32-23(29)15-31-20-11-9-19(30-3)10-12-20/h4-12H,14-15H2,1-3H3,(H,26,28). The van der Waals surface area contributed by atoms with Crippen LogP contribution in [0.5, 0.6) is 11.5 Å². The van der Waals surface area contributed by atoms with Crippen LogP contribution in [0.25, 0.3) is 5.69 Å². The molecule has 1 amide bonds. The quantitative estimate of drug-likeness (QED) is 0.545. The number of esters is 1. The zero-order chi connectivity index (χ0) is 23.1. The number of amides is 1. The summed E-state index contributed by atoms with van der Waals surface area (Å²) in [7, 11) is 1.55. The predicted molar refractivity (Wildman–Crippen MR) is 118 cm³/mol. The molecule has 164 valence electrons. The van der Waals surface area contributed by atoms with Gasteiger partial charge in [0.2, 0.25) is 0 Å². The number of carbonyl (C=O) groups excluding carboxylic acids is 2. The van der Waals surface area contributed by atoms with Gasteiger partial charge in [-0.25, -0.2) is 4.79 Å². The summed E-state index contributed by atoms with van der Waals surface area (Å²) in [6, 6.07) is 18.2. The van der Waals surface area contributed by atoms with Gasteiger partial charge in [0.15, 0.2) is 13.2 Å². The molecular weight excluding hydrogens is 410 g/mol. The van der Waals surface area contributed by atoms with Crippen LogP contribution in [-0.4, -0.2) is 36.8 Å². The minimum Gasteiger partial charge on any atom is -0.497 e. The molecule has 2 aromatic carbocycles. The fraction of sp³-hybridized carbons (Fsp3) is 0.208. The van der Waals surface area contributed by atoms with E-state index < -0.39 is 18.5 Å². The van der Waals surface area contributed by atoms with Gasteiger partial charge in [0.1, 0.15) is 23.4 Å². The molecule has 0 aliphatic rings. The van der Waals surface area contributed by atoms with Crippen molar-refractivity contribution < 1.29 is 23.8 Å². The van der Waals surface area contributed by atoms with Gasteiger partial charge in [0.05, 0.1) is 12.7 Å². The Balaban J connectivity index is 1.63. The van der Waals surface area contributed by atoms with Gasteiger partial charge >= 0.3 is 5.97 Å². The number of methoxy groups -OCH3 is 1. The van der Waals surface area contributed by atoms with Gasteiger partial charge in [0, 0.05) is 11.4 Å². The van der Waals surface area contributed by atoms with Crippen LogP contribution in [0.3, 0.4) is 0 Å². The van der Waals surface area contributed by atoms with Crippen LogP contribution in [-0.2, 0) is 14.3 Å². The summed E-state index contributed by atoms with van der Waals surface area (Å²) in [4.78, 5) is 24.4.